The maximum Gasteiger partial charge on any atom is 0.387 e. The minimum Gasteiger partial charge on any atom is -0.433 e. The number of carbonyl (C=O) groups excluding carboxylic acids is 1. The van der Waals surface area contributed by atoms with E-state index in [1.165, 1.54) is 13.0 Å². The molecule has 15 heavy (non-hydrogen) atoms. The van der Waals surface area contributed by atoms with Gasteiger partial charge in [0.15, 0.2) is 0 Å². The van der Waals surface area contributed by atoms with Crippen LogP contribution in [0.15, 0.2) is 23.1 Å². The monoisotopic (exact) mass is 232 g/mol. The zero-order valence-corrected chi connectivity index (χ0v) is 8.93. The van der Waals surface area contributed by atoms with Crippen LogP contribution in [0.25, 0.3) is 0 Å². The number of ether oxygens (including phenoxy) is 1. The average Bonchev–Trinajstić information content (AvgIpc) is 2.09. The number of Topliss-reactive ketones (excluding diaryl/α,β-unsaturated/α-hetero) is 1. The van der Waals surface area contributed by atoms with Gasteiger partial charge >= 0.3 is 6.61 Å². The van der Waals surface area contributed by atoms with Crippen molar-refractivity contribution in [1.82, 2.24) is 0 Å². The highest BCUT2D eigenvalue weighted by molar-refractivity contribution is 7.80. The van der Waals surface area contributed by atoms with Crippen molar-refractivity contribution in [1.29, 1.82) is 0 Å². The number of hydrogen-bond donors (Lipinski definition) is 1. The molecule has 1 aromatic carbocycles. The Morgan fingerprint density at radius 1 is 1.53 bits per heavy atom. The summed E-state index contributed by atoms with van der Waals surface area (Å²) in [6.45, 7) is -1.53. The Bertz CT molecular complexity index is 366. The van der Waals surface area contributed by atoms with Crippen molar-refractivity contribution in [2.45, 2.75) is 24.9 Å². The van der Waals surface area contributed by atoms with E-state index in [1.54, 1.807) is 12.1 Å². The first-order chi connectivity index (χ1) is 7.00. The Morgan fingerprint density at radius 3 is 2.73 bits per heavy atom. The van der Waals surface area contributed by atoms with Crippen molar-refractivity contribution in [2.75, 3.05) is 0 Å². The van der Waals surface area contributed by atoms with Gasteiger partial charge < -0.3 is 4.74 Å². The van der Waals surface area contributed by atoms with Crippen LogP contribution in [-0.4, -0.2) is 12.4 Å². The molecule has 0 spiro atoms. The van der Waals surface area contributed by atoms with Gasteiger partial charge in [0.05, 0.1) is 0 Å². The summed E-state index contributed by atoms with van der Waals surface area (Å²) in [4.78, 5) is 11.2. The largest absolute Gasteiger partial charge is 0.433 e. The molecule has 0 saturated heterocycles. The molecule has 82 valence electrons. The normalized spacial score (nSPS) is 10.5. The van der Waals surface area contributed by atoms with Gasteiger partial charge in [-0.1, -0.05) is 12.1 Å². The minimum atomic E-state index is -2.91. The fraction of sp³-hybridized carbons (Fsp3) is 0.300. The van der Waals surface area contributed by atoms with Crippen LogP contribution in [0.2, 0.25) is 0 Å². The highest BCUT2D eigenvalue weighted by Crippen LogP contribution is 2.29. The smallest absolute Gasteiger partial charge is 0.387 e. The Morgan fingerprint density at radius 2 is 2.20 bits per heavy atom. The van der Waals surface area contributed by atoms with Gasteiger partial charge in [-0.3, -0.25) is 4.79 Å². The van der Waals surface area contributed by atoms with Gasteiger partial charge in [0.1, 0.15) is 11.5 Å². The first kappa shape index (κ1) is 12.0. The zero-order chi connectivity index (χ0) is 11.4. The maximum atomic E-state index is 12.1. The summed E-state index contributed by atoms with van der Waals surface area (Å²) >= 11 is 3.99. The highest BCUT2D eigenvalue weighted by Gasteiger charge is 2.13. The summed E-state index contributed by atoms with van der Waals surface area (Å²) < 4.78 is 28.5. The number of rotatable bonds is 4. The van der Waals surface area contributed by atoms with E-state index in [-0.39, 0.29) is 18.0 Å². The average molecular weight is 232 g/mol. The Kier molecular flexibility index (Phi) is 4.08. The Hall–Kier alpha value is -1.10. The minimum absolute atomic E-state index is 0.0222. The molecule has 1 rings (SSSR count). The summed E-state index contributed by atoms with van der Waals surface area (Å²) in [6.07, 6.45) is 0.0659. The van der Waals surface area contributed by atoms with Gasteiger partial charge in [0.2, 0.25) is 0 Å². The van der Waals surface area contributed by atoms with Crippen molar-refractivity contribution < 1.29 is 18.3 Å². The molecular weight excluding hydrogens is 222 g/mol. The summed E-state index contributed by atoms with van der Waals surface area (Å²) in [5.74, 6) is -0.140. The standard InChI is InChI=1S/C10H10F2O2S/c1-6(13)5-7-3-2-4-8(15)9(7)14-10(11)12/h2-4,10,15H,5H2,1H3. The number of thiol groups is 1. The summed E-state index contributed by atoms with van der Waals surface area (Å²) in [6, 6.07) is 4.74. The third-order valence-electron chi connectivity index (χ3n) is 1.72. The second-order valence-electron chi connectivity index (χ2n) is 3.02. The van der Waals surface area contributed by atoms with Crippen molar-refractivity contribution in [2.24, 2.45) is 0 Å². The van der Waals surface area contributed by atoms with E-state index >= 15 is 0 Å². The molecule has 0 amide bonds. The molecule has 0 aliphatic heterocycles. The maximum absolute atomic E-state index is 12.1. The molecule has 2 nitrogen and oxygen atoms in total. The van der Waals surface area contributed by atoms with Crippen molar-refractivity contribution in [3.8, 4) is 5.75 Å². The number of para-hydroxylation sites is 1. The first-order valence-corrected chi connectivity index (χ1v) is 4.70. The summed E-state index contributed by atoms with van der Waals surface area (Å²) in [5.41, 5.74) is 0.426. The van der Waals surface area contributed by atoms with Crippen LogP contribution in [0.1, 0.15) is 12.5 Å². The lowest BCUT2D eigenvalue weighted by Crippen LogP contribution is -2.07. The quantitative estimate of drug-likeness (QED) is 0.808. The van der Waals surface area contributed by atoms with Crippen LogP contribution in [0, 0.1) is 0 Å². The van der Waals surface area contributed by atoms with E-state index in [1.807, 2.05) is 0 Å². The molecule has 0 N–H and O–H groups in total. The van der Waals surface area contributed by atoms with Crippen molar-refractivity contribution in [3.63, 3.8) is 0 Å². The summed E-state index contributed by atoms with van der Waals surface area (Å²) in [5, 5.41) is 0. The molecule has 1 aromatic rings. The lowest BCUT2D eigenvalue weighted by molar-refractivity contribution is -0.116. The number of benzene rings is 1. The fourth-order valence-corrected chi connectivity index (χ4v) is 1.49. The predicted molar refractivity (Wildman–Crippen MR) is 54.7 cm³/mol. The van der Waals surface area contributed by atoms with Crippen LogP contribution in [-0.2, 0) is 11.2 Å². The molecule has 0 aromatic heterocycles. The molecule has 0 aliphatic carbocycles. The number of ketones is 1. The van der Waals surface area contributed by atoms with Crippen LogP contribution in [0.4, 0.5) is 8.78 Å². The lowest BCUT2D eigenvalue weighted by atomic mass is 10.1. The molecule has 0 atom stereocenters. The predicted octanol–water partition coefficient (Wildman–Crippen LogP) is 2.71. The third kappa shape index (κ3) is 3.51. The van der Waals surface area contributed by atoms with Gasteiger partial charge in [-0.15, -0.1) is 12.6 Å². The van der Waals surface area contributed by atoms with Gasteiger partial charge in [-0.25, -0.2) is 0 Å². The molecule has 0 bridgehead atoms. The molecule has 0 unspecified atom stereocenters. The van der Waals surface area contributed by atoms with E-state index in [0.29, 0.717) is 10.5 Å². The molecule has 0 aliphatic rings. The molecule has 0 saturated carbocycles. The molecule has 5 heteroatoms. The van der Waals surface area contributed by atoms with E-state index in [2.05, 4.69) is 17.4 Å². The molecule has 0 heterocycles. The van der Waals surface area contributed by atoms with Gasteiger partial charge in [0, 0.05) is 16.9 Å². The molecule has 0 radical (unpaired) electrons. The van der Waals surface area contributed by atoms with E-state index in [0.717, 1.165) is 0 Å². The van der Waals surface area contributed by atoms with Crippen LogP contribution in [0.3, 0.4) is 0 Å². The van der Waals surface area contributed by atoms with Crippen LogP contribution >= 0.6 is 12.6 Å². The second-order valence-corrected chi connectivity index (χ2v) is 3.50. The third-order valence-corrected chi connectivity index (χ3v) is 2.07. The lowest BCUT2D eigenvalue weighted by Gasteiger charge is -2.11. The van der Waals surface area contributed by atoms with Gasteiger partial charge in [-0.2, -0.15) is 8.78 Å². The Balaban J connectivity index is 3.02. The molecular formula is C10H10F2O2S. The van der Waals surface area contributed by atoms with Crippen LogP contribution < -0.4 is 4.74 Å². The van der Waals surface area contributed by atoms with Gasteiger partial charge in [0.25, 0.3) is 0 Å². The highest BCUT2D eigenvalue weighted by atomic mass is 32.1. The second kappa shape index (κ2) is 5.11. The van der Waals surface area contributed by atoms with E-state index in [9.17, 15) is 13.6 Å². The SMILES string of the molecule is CC(=O)Cc1cccc(S)c1OC(F)F. The first-order valence-electron chi connectivity index (χ1n) is 4.26. The number of alkyl halides is 2. The van der Waals surface area contributed by atoms with E-state index < -0.39 is 6.61 Å². The number of carbonyl (C=O) groups is 1. The zero-order valence-electron chi connectivity index (χ0n) is 8.04. The van der Waals surface area contributed by atoms with Crippen molar-refractivity contribution in [3.05, 3.63) is 23.8 Å². The molecule has 0 fully saturated rings. The number of hydrogen-bond acceptors (Lipinski definition) is 3. The Labute approximate surface area is 91.7 Å². The topological polar surface area (TPSA) is 26.3 Å². The fourth-order valence-electron chi connectivity index (χ4n) is 1.20. The number of halogens is 2. The van der Waals surface area contributed by atoms with Crippen LogP contribution in [0.5, 0.6) is 5.75 Å². The van der Waals surface area contributed by atoms with Crippen molar-refractivity contribution >= 4 is 18.4 Å². The van der Waals surface area contributed by atoms with Gasteiger partial charge in [-0.05, 0) is 13.0 Å². The van der Waals surface area contributed by atoms with E-state index in [4.69, 9.17) is 0 Å². The summed E-state index contributed by atoms with van der Waals surface area (Å²) in [7, 11) is 0.